The first-order valence-corrected chi connectivity index (χ1v) is 12.8. The van der Waals surface area contributed by atoms with Gasteiger partial charge in [0.2, 0.25) is 5.78 Å². The molecule has 2 aromatic carbocycles. The van der Waals surface area contributed by atoms with Crippen LogP contribution in [0.3, 0.4) is 0 Å². The molecule has 0 radical (unpaired) electrons. The summed E-state index contributed by atoms with van der Waals surface area (Å²) in [6.07, 6.45) is 5.49. The smallest absolute Gasteiger partial charge is 0.332 e. The van der Waals surface area contributed by atoms with Crippen LogP contribution in [-0.2, 0) is 13.6 Å². The Hall–Kier alpha value is -4.11. The Morgan fingerprint density at radius 2 is 1.59 bits per heavy atom. The molecule has 190 valence electrons. The first-order chi connectivity index (χ1) is 18.0. The van der Waals surface area contributed by atoms with Crippen LogP contribution >= 0.6 is 0 Å². The molecule has 0 N–H and O–H groups in total. The Kier molecular flexibility index (Phi) is 5.92. The number of hydrogen-bond acceptors (Lipinski definition) is 5. The fraction of sp³-hybridized carbons (Fsp3) is 0.321. The van der Waals surface area contributed by atoms with Crippen LogP contribution in [0.15, 0.2) is 70.4 Å². The van der Waals surface area contributed by atoms with Crippen LogP contribution in [0.1, 0.15) is 25.0 Å². The zero-order valence-electron chi connectivity index (χ0n) is 21.1. The molecule has 9 heteroatoms. The van der Waals surface area contributed by atoms with E-state index >= 15 is 0 Å². The maximum Gasteiger partial charge on any atom is 0.332 e. The number of aromatic nitrogens is 5. The highest BCUT2D eigenvalue weighted by molar-refractivity contribution is 5.76. The van der Waals surface area contributed by atoms with Gasteiger partial charge in [0.1, 0.15) is 11.5 Å². The average Bonchev–Trinajstić information content (AvgIpc) is 3.44. The number of para-hydroxylation sites is 1. The summed E-state index contributed by atoms with van der Waals surface area (Å²) in [6, 6.07) is 17.4. The number of imidazole rings is 2. The summed E-state index contributed by atoms with van der Waals surface area (Å²) in [4.78, 5) is 33.8. The minimum atomic E-state index is -0.332. The van der Waals surface area contributed by atoms with Crippen molar-refractivity contribution in [2.75, 3.05) is 19.6 Å². The quantitative estimate of drug-likeness (QED) is 0.357. The number of hydrogen-bond donors (Lipinski definition) is 0. The van der Waals surface area contributed by atoms with E-state index in [2.05, 4.69) is 4.90 Å². The van der Waals surface area contributed by atoms with Gasteiger partial charge in [-0.1, -0.05) is 24.6 Å². The predicted molar refractivity (Wildman–Crippen MR) is 143 cm³/mol. The van der Waals surface area contributed by atoms with Crippen LogP contribution in [-0.4, -0.2) is 47.6 Å². The Labute approximate surface area is 213 Å². The molecule has 5 aromatic rings. The Morgan fingerprint density at radius 3 is 2.32 bits per heavy atom. The van der Waals surface area contributed by atoms with E-state index in [4.69, 9.17) is 9.72 Å². The highest BCUT2D eigenvalue weighted by Gasteiger charge is 2.21. The fourth-order valence-corrected chi connectivity index (χ4v) is 5.24. The van der Waals surface area contributed by atoms with Gasteiger partial charge >= 0.3 is 5.69 Å². The molecule has 3 aromatic heterocycles. The summed E-state index contributed by atoms with van der Waals surface area (Å²) in [6.45, 7) is 5.08. The molecule has 4 heterocycles. The number of rotatable bonds is 6. The number of fused-ring (bicyclic) bond motifs is 3. The molecule has 0 amide bonds. The van der Waals surface area contributed by atoms with E-state index < -0.39 is 0 Å². The van der Waals surface area contributed by atoms with Crippen molar-refractivity contribution in [3.63, 3.8) is 0 Å². The molecule has 9 nitrogen and oxygen atoms in total. The van der Waals surface area contributed by atoms with Gasteiger partial charge in [0.05, 0.1) is 0 Å². The van der Waals surface area contributed by atoms with Crippen molar-refractivity contribution < 1.29 is 4.74 Å². The third-order valence-electron chi connectivity index (χ3n) is 7.19. The highest BCUT2D eigenvalue weighted by Crippen LogP contribution is 2.25. The van der Waals surface area contributed by atoms with Crippen LogP contribution in [0.5, 0.6) is 11.5 Å². The van der Waals surface area contributed by atoms with Gasteiger partial charge in [-0.05, 0) is 69.3 Å². The van der Waals surface area contributed by atoms with Crippen LogP contribution in [0.4, 0.5) is 0 Å². The van der Waals surface area contributed by atoms with E-state index in [-0.39, 0.29) is 11.2 Å². The molecule has 6 rings (SSSR count). The molecular weight excluding hydrogens is 468 g/mol. The third kappa shape index (κ3) is 4.15. The van der Waals surface area contributed by atoms with Crippen molar-refractivity contribution in [3.8, 4) is 17.2 Å². The normalized spacial score (nSPS) is 14.5. The molecular formula is C28H30N6O3. The van der Waals surface area contributed by atoms with Gasteiger partial charge in [0.15, 0.2) is 11.2 Å². The van der Waals surface area contributed by atoms with Crippen LogP contribution < -0.4 is 16.0 Å². The highest BCUT2D eigenvalue weighted by atomic mass is 16.5. The SMILES string of the molecule is Cc1cn2c3c(=O)n(CCN4CCCCC4)c(=O)n(C)c3nc2n1-c1ccc(Oc2ccccc2)cc1. The molecule has 0 atom stereocenters. The number of nitrogens with zero attached hydrogens (tertiary/aromatic N) is 6. The summed E-state index contributed by atoms with van der Waals surface area (Å²) >= 11 is 0. The molecule has 0 saturated carbocycles. The number of piperidine rings is 1. The number of ether oxygens (including phenoxy) is 1. The van der Waals surface area contributed by atoms with E-state index in [1.54, 1.807) is 11.4 Å². The van der Waals surface area contributed by atoms with E-state index in [0.29, 0.717) is 30.0 Å². The van der Waals surface area contributed by atoms with Crippen molar-refractivity contribution in [2.24, 2.45) is 7.05 Å². The molecule has 0 unspecified atom stereocenters. The molecule has 1 fully saturated rings. The second-order valence-corrected chi connectivity index (χ2v) is 9.67. The Bertz CT molecular complexity index is 1690. The largest absolute Gasteiger partial charge is 0.457 e. The summed E-state index contributed by atoms with van der Waals surface area (Å²) in [7, 11) is 1.68. The zero-order chi connectivity index (χ0) is 25.5. The number of likely N-dealkylation sites (tertiary alicyclic amines) is 1. The van der Waals surface area contributed by atoms with Gasteiger partial charge in [-0.2, -0.15) is 4.98 Å². The minimum Gasteiger partial charge on any atom is -0.457 e. The van der Waals surface area contributed by atoms with Crippen molar-refractivity contribution in [2.45, 2.75) is 32.7 Å². The lowest BCUT2D eigenvalue weighted by Crippen LogP contribution is -2.43. The van der Waals surface area contributed by atoms with E-state index in [1.807, 2.05) is 72.3 Å². The average molecular weight is 499 g/mol. The second-order valence-electron chi connectivity index (χ2n) is 9.67. The monoisotopic (exact) mass is 498 g/mol. The van der Waals surface area contributed by atoms with Crippen LogP contribution in [0, 0.1) is 6.92 Å². The molecule has 1 saturated heterocycles. The van der Waals surface area contributed by atoms with Gasteiger partial charge in [0, 0.05) is 37.7 Å². The topological polar surface area (TPSA) is 78.7 Å². The van der Waals surface area contributed by atoms with Gasteiger partial charge in [-0.15, -0.1) is 0 Å². The van der Waals surface area contributed by atoms with Gasteiger partial charge in [-0.3, -0.25) is 22.9 Å². The summed E-state index contributed by atoms with van der Waals surface area (Å²) in [5.74, 6) is 2.08. The summed E-state index contributed by atoms with van der Waals surface area (Å²) in [5, 5.41) is 0. The molecule has 37 heavy (non-hydrogen) atoms. The molecule has 1 aliphatic heterocycles. The van der Waals surface area contributed by atoms with Gasteiger partial charge in [0.25, 0.3) is 5.56 Å². The maximum atomic E-state index is 13.6. The van der Waals surface area contributed by atoms with Crippen molar-refractivity contribution in [1.29, 1.82) is 0 Å². The number of aryl methyl sites for hydroxylation is 2. The van der Waals surface area contributed by atoms with Crippen molar-refractivity contribution >= 4 is 16.9 Å². The van der Waals surface area contributed by atoms with Crippen LogP contribution in [0.25, 0.3) is 22.6 Å². The molecule has 0 aliphatic carbocycles. The van der Waals surface area contributed by atoms with E-state index in [1.165, 1.54) is 28.4 Å². The predicted octanol–water partition coefficient (Wildman–Crippen LogP) is 3.73. The second kappa shape index (κ2) is 9.40. The summed E-state index contributed by atoms with van der Waals surface area (Å²) in [5.41, 5.74) is 1.99. The van der Waals surface area contributed by atoms with Crippen molar-refractivity contribution in [1.82, 2.24) is 28.0 Å². The first-order valence-electron chi connectivity index (χ1n) is 12.8. The molecule has 0 spiro atoms. The van der Waals surface area contributed by atoms with E-state index in [0.717, 1.165) is 36.0 Å². The lowest BCUT2D eigenvalue weighted by molar-refractivity contribution is 0.218. The number of benzene rings is 2. The fourth-order valence-electron chi connectivity index (χ4n) is 5.24. The minimum absolute atomic E-state index is 0.300. The maximum absolute atomic E-state index is 13.6. The third-order valence-corrected chi connectivity index (χ3v) is 7.19. The standard InChI is InChI=1S/C28H30N6O3/c1-20-19-33-24-25(30(2)28(36)32(26(24)35)18-17-31-15-7-4-8-16-31)29-27(33)34(20)21-11-13-23(14-12-21)37-22-9-5-3-6-10-22/h3,5-6,9-14,19H,4,7-8,15-18H2,1-2H3. The van der Waals surface area contributed by atoms with E-state index in [9.17, 15) is 9.59 Å². The Morgan fingerprint density at radius 1 is 0.892 bits per heavy atom. The van der Waals surface area contributed by atoms with Gasteiger partial charge < -0.3 is 9.64 Å². The summed E-state index contributed by atoms with van der Waals surface area (Å²) < 4.78 is 12.5. The Balaban J connectivity index is 1.38. The first kappa shape index (κ1) is 23.3. The molecule has 1 aliphatic rings. The lowest BCUT2D eigenvalue weighted by atomic mass is 10.1. The lowest BCUT2D eigenvalue weighted by Gasteiger charge is -2.26. The van der Waals surface area contributed by atoms with Gasteiger partial charge in [-0.25, -0.2) is 4.79 Å². The zero-order valence-corrected chi connectivity index (χ0v) is 21.1. The van der Waals surface area contributed by atoms with Crippen molar-refractivity contribution in [3.05, 3.63) is 87.3 Å². The van der Waals surface area contributed by atoms with Crippen LogP contribution in [0.2, 0.25) is 0 Å². The molecule has 0 bridgehead atoms.